The smallest absolute Gasteiger partial charge is 0.255 e. The van der Waals surface area contributed by atoms with Crippen molar-refractivity contribution in [3.8, 4) is 17.2 Å². The summed E-state index contributed by atoms with van der Waals surface area (Å²) >= 11 is 0. The molecule has 0 saturated carbocycles. The first-order valence-electron chi connectivity index (χ1n) is 7.76. The van der Waals surface area contributed by atoms with Crippen molar-refractivity contribution < 1.29 is 14.3 Å². The summed E-state index contributed by atoms with van der Waals surface area (Å²) in [6.45, 7) is 1.90. The molecule has 3 rings (SSSR count). The molecule has 0 radical (unpaired) electrons. The SMILES string of the molecule is COc1cc(C)c(NC(=O)c2ccc(-n3cccn3)cc2)cc1OC. The standard InChI is InChI=1S/C19H19N3O3/c1-13-11-17(24-2)18(25-3)12-16(13)21-19(23)14-5-7-15(8-6-14)22-10-4-9-20-22/h4-12H,1-3H3,(H,21,23). The number of benzene rings is 2. The molecule has 0 spiro atoms. The Morgan fingerprint density at radius 1 is 1.08 bits per heavy atom. The number of nitrogens with one attached hydrogen (secondary N) is 1. The molecule has 0 bridgehead atoms. The van der Waals surface area contributed by atoms with Crippen molar-refractivity contribution in [3.63, 3.8) is 0 Å². The molecule has 0 aliphatic carbocycles. The van der Waals surface area contributed by atoms with Gasteiger partial charge < -0.3 is 14.8 Å². The zero-order chi connectivity index (χ0) is 17.8. The van der Waals surface area contributed by atoms with Crippen LogP contribution in [0.5, 0.6) is 11.5 Å². The van der Waals surface area contributed by atoms with Gasteiger partial charge in [0, 0.05) is 29.7 Å². The van der Waals surface area contributed by atoms with Crippen LogP contribution >= 0.6 is 0 Å². The molecular formula is C19H19N3O3. The van der Waals surface area contributed by atoms with E-state index in [0.29, 0.717) is 22.7 Å². The van der Waals surface area contributed by atoms with Crippen molar-refractivity contribution in [2.24, 2.45) is 0 Å². The van der Waals surface area contributed by atoms with Gasteiger partial charge in [-0.15, -0.1) is 0 Å². The van der Waals surface area contributed by atoms with Gasteiger partial charge in [0.25, 0.3) is 5.91 Å². The lowest BCUT2D eigenvalue weighted by molar-refractivity contribution is 0.102. The van der Waals surface area contributed by atoms with Crippen molar-refractivity contribution in [3.05, 3.63) is 66.0 Å². The molecule has 0 atom stereocenters. The van der Waals surface area contributed by atoms with Gasteiger partial charge in [-0.25, -0.2) is 4.68 Å². The molecule has 0 aliphatic heterocycles. The summed E-state index contributed by atoms with van der Waals surface area (Å²) < 4.78 is 12.3. The normalized spacial score (nSPS) is 10.4. The molecule has 6 heteroatoms. The van der Waals surface area contributed by atoms with E-state index in [1.807, 2.05) is 37.4 Å². The maximum atomic E-state index is 12.5. The van der Waals surface area contributed by atoms with Crippen molar-refractivity contribution >= 4 is 11.6 Å². The number of hydrogen-bond acceptors (Lipinski definition) is 4. The highest BCUT2D eigenvalue weighted by Crippen LogP contribution is 2.33. The molecule has 6 nitrogen and oxygen atoms in total. The van der Waals surface area contributed by atoms with Gasteiger partial charge in [-0.1, -0.05) is 0 Å². The molecule has 1 N–H and O–H groups in total. The van der Waals surface area contributed by atoms with E-state index in [0.717, 1.165) is 11.3 Å². The highest BCUT2D eigenvalue weighted by Gasteiger charge is 2.12. The lowest BCUT2D eigenvalue weighted by atomic mass is 10.1. The van der Waals surface area contributed by atoms with Crippen LogP contribution in [-0.4, -0.2) is 29.9 Å². The third-order valence-electron chi connectivity index (χ3n) is 3.88. The lowest BCUT2D eigenvalue weighted by Gasteiger charge is -2.14. The molecule has 128 valence electrons. The van der Waals surface area contributed by atoms with E-state index in [1.165, 1.54) is 0 Å². The second kappa shape index (κ2) is 7.09. The van der Waals surface area contributed by atoms with Crippen molar-refractivity contribution in [2.75, 3.05) is 19.5 Å². The van der Waals surface area contributed by atoms with Crippen molar-refractivity contribution in [2.45, 2.75) is 6.92 Å². The summed E-state index contributed by atoms with van der Waals surface area (Å²) in [5, 5.41) is 7.08. The number of ether oxygens (including phenoxy) is 2. The minimum Gasteiger partial charge on any atom is -0.493 e. The van der Waals surface area contributed by atoms with E-state index < -0.39 is 0 Å². The molecule has 1 heterocycles. The monoisotopic (exact) mass is 337 g/mol. The van der Waals surface area contributed by atoms with Crippen LogP contribution in [0.2, 0.25) is 0 Å². The van der Waals surface area contributed by atoms with Gasteiger partial charge in [-0.05, 0) is 48.9 Å². The molecule has 0 saturated heterocycles. The van der Waals surface area contributed by atoms with Crippen LogP contribution < -0.4 is 14.8 Å². The summed E-state index contributed by atoms with van der Waals surface area (Å²) in [4.78, 5) is 12.5. The van der Waals surface area contributed by atoms with E-state index in [1.54, 1.807) is 43.3 Å². The summed E-state index contributed by atoms with van der Waals surface area (Å²) in [6, 6.07) is 12.7. The lowest BCUT2D eigenvalue weighted by Crippen LogP contribution is -2.13. The number of nitrogens with zero attached hydrogens (tertiary/aromatic N) is 2. The highest BCUT2D eigenvalue weighted by molar-refractivity contribution is 6.04. The third kappa shape index (κ3) is 3.47. The van der Waals surface area contributed by atoms with Gasteiger partial charge in [0.15, 0.2) is 11.5 Å². The van der Waals surface area contributed by atoms with Crippen LogP contribution in [0.15, 0.2) is 54.9 Å². The minimum atomic E-state index is -0.192. The largest absolute Gasteiger partial charge is 0.493 e. The highest BCUT2D eigenvalue weighted by atomic mass is 16.5. The number of rotatable bonds is 5. The summed E-state index contributed by atoms with van der Waals surface area (Å²) in [6.07, 6.45) is 3.56. The fraction of sp³-hybridized carbons (Fsp3) is 0.158. The first-order chi connectivity index (χ1) is 12.1. The Labute approximate surface area is 146 Å². The zero-order valence-corrected chi connectivity index (χ0v) is 14.3. The number of hydrogen-bond donors (Lipinski definition) is 1. The number of carbonyl (C=O) groups is 1. The average Bonchev–Trinajstić information content (AvgIpc) is 3.17. The van der Waals surface area contributed by atoms with Crippen LogP contribution in [-0.2, 0) is 0 Å². The molecule has 25 heavy (non-hydrogen) atoms. The molecule has 0 aliphatic rings. The maximum absolute atomic E-state index is 12.5. The van der Waals surface area contributed by atoms with Crippen LogP contribution in [0.3, 0.4) is 0 Å². The third-order valence-corrected chi connectivity index (χ3v) is 3.88. The van der Waals surface area contributed by atoms with Crippen LogP contribution in [0, 0.1) is 6.92 Å². The van der Waals surface area contributed by atoms with E-state index in [-0.39, 0.29) is 5.91 Å². The Hall–Kier alpha value is -3.28. The Morgan fingerprint density at radius 3 is 2.36 bits per heavy atom. The fourth-order valence-electron chi connectivity index (χ4n) is 2.50. The summed E-state index contributed by atoms with van der Waals surface area (Å²) in [5.41, 5.74) is 3.02. The molecule has 2 aromatic carbocycles. The van der Waals surface area contributed by atoms with Gasteiger partial charge >= 0.3 is 0 Å². The fourth-order valence-corrected chi connectivity index (χ4v) is 2.50. The Morgan fingerprint density at radius 2 is 1.76 bits per heavy atom. The molecule has 0 unspecified atom stereocenters. The zero-order valence-electron chi connectivity index (χ0n) is 14.3. The summed E-state index contributed by atoms with van der Waals surface area (Å²) in [5.74, 6) is 1.00. The van der Waals surface area contributed by atoms with Crippen LogP contribution in [0.1, 0.15) is 15.9 Å². The number of aromatic nitrogens is 2. The number of aryl methyl sites for hydroxylation is 1. The van der Waals surface area contributed by atoms with Gasteiger partial charge in [0.2, 0.25) is 0 Å². The van der Waals surface area contributed by atoms with Crippen molar-refractivity contribution in [1.29, 1.82) is 0 Å². The predicted molar refractivity (Wildman–Crippen MR) is 95.8 cm³/mol. The average molecular weight is 337 g/mol. The van der Waals surface area contributed by atoms with E-state index in [4.69, 9.17) is 9.47 Å². The quantitative estimate of drug-likeness (QED) is 0.774. The molecular weight excluding hydrogens is 318 g/mol. The molecule has 1 amide bonds. The minimum absolute atomic E-state index is 0.192. The number of anilines is 1. The van der Waals surface area contributed by atoms with Crippen LogP contribution in [0.25, 0.3) is 5.69 Å². The first kappa shape index (κ1) is 16.6. The second-order valence-electron chi connectivity index (χ2n) is 5.47. The number of methoxy groups -OCH3 is 2. The van der Waals surface area contributed by atoms with E-state index in [9.17, 15) is 4.79 Å². The van der Waals surface area contributed by atoms with E-state index in [2.05, 4.69) is 10.4 Å². The van der Waals surface area contributed by atoms with Crippen molar-refractivity contribution in [1.82, 2.24) is 9.78 Å². The molecule has 0 fully saturated rings. The Kier molecular flexibility index (Phi) is 4.70. The van der Waals surface area contributed by atoms with E-state index >= 15 is 0 Å². The molecule has 1 aromatic heterocycles. The summed E-state index contributed by atoms with van der Waals surface area (Å²) in [7, 11) is 3.14. The maximum Gasteiger partial charge on any atom is 0.255 e. The predicted octanol–water partition coefficient (Wildman–Crippen LogP) is 3.45. The number of amides is 1. The van der Waals surface area contributed by atoms with Gasteiger partial charge in [0.1, 0.15) is 0 Å². The Bertz CT molecular complexity index is 872. The second-order valence-corrected chi connectivity index (χ2v) is 5.47. The number of carbonyl (C=O) groups excluding carboxylic acids is 1. The topological polar surface area (TPSA) is 65.4 Å². The van der Waals surface area contributed by atoms with Gasteiger partial charge in [0.05, 0.1) is 19.9 Å². The molecule has 3 aromatic rings. The van der Waals surface area contributed by atoms with Gasteiger partial charge in [-0.3, -0.25) is 4.79 Å². The van der Waals surface area contributed by atoms with Crippen LogP contribution in [0.4, 0.5) is 5.69 Å². The van der Waals surface area contributed by atoms with Gasteiger partial charge in [-0.2, -0.15) is 5.10 Å². The Balaban J connectivity index is 1.80. The first-order valence-corrected chi connectivity index (χ1v) is 7.76.